The maximum atomic E-state index is 13.1. The molecule has 6 rings (SSSR count). The van der Waals surface area contributed by atoms with Gasteiger partial charge in [0.2, 0.25) is 10.0 Å². The van der Waals surface area contributed by atoms with Gasteiger partial charge < -0.3 is 10.1 Å². The van der Waals surface area contributed by atoms with Crippen LogP contribution in [0.3, 0.4) is 0 Å². The summed E-state index contributed by atoms with van der Waals surface area (Å²) in [6.45, 7) is 0.0219. The van der Waals surface area contributed by atoms with Crippen LogP contribution < -0.4 is 14.4 Å². The predicted octanol–water partition coefficient (Wildman–Crippen LogP) is 2.30. The van der Waals surface area contributed by atoms with Crippen molar-refractivity contribution in [1.29, 1.82) is 0 Å². The van der Waals surface area contributed by atoms with E-state index >= 15 is 0 Å². The van der Waals surface area contributed by atoms with Crippen LogP contribution in [0.5, 0.6) is 5.75 Å². The van der Waals surface area contributed by atoms with E-state index in [0.717, 1.165) is 37.0 Å². The number of hydrogen-bond acceptors (Lipinski definition) is 4. The van der Waals surface area contributed by atoms with Gasteiger partial charge >= 0.3 is 0 Å². The smallest absolute Gasteiger partial charge is 0.263 e. The summed E-state index contributed by atoms with van der Waals surface area (Å²) in [6, 6.07) is 7.00. The van der Waals surface area contributed by atoms with E-state index in [1.54, 1.807) is 24.3 Å². The zero-order valence-electron chi connectivity index (χ0n) is 15.6. The van der Waals surface area contributed by atoms with Crippen LogP contribution in [0.4, 0.5) is 5.69 Å². The molecule has 4 fully saturated rings. The highest BCUT2D eigenvalue weighted by Crippen LogP contribution is 2.55. The molecule has 0 radical (unpaired) electrons. The number of carbonyl (C=O) groups is 1. The first-order valence-corrected chi connectivity index (χ1v) is 11.7. The van der Waals surface area contributed by atoms with E-state index in [0.29, 0.717) is 11.4 Å². The fourth-order valence-corrected chi connectivity index (χ4v) is 7.17. The second kappa shape index (κ2) is 5.87. The third-order valence-electron chi connectivity index (χ3n) is 6.85. The first-order valence-electron chi connectivity index (χ1n) is 9.87. The van der Waals surface area contributed by atoms with Gasteiger partial charge in [0, 0.05) is 5.54 Å². The lowest BCUT2D eigenvalue weighted by Crippen LogP contribution is -2.63. The number of benzene rings is 1. The topological polar surface area (TPSA) is 75.7 Å². The average Bonchev–Trinajstić information content (AvgIpc) is 2.58. The summed E-state index contributed by atoms with van der Waals surface area (Å²) in [4.78, 5) is 13.1. The van der Waals surface area contributed by atoms with Crippen LogP contribution in [0.15, 0.2) is 24.3 Å². The molecule has 1 aromatic carbocycles. The number of fused-ring (bicyclic) bond motifs is 1. The number of para-hydroxylation sites is 2. The maximum Gasteiger partial charge on any atom is 0.263 e. The van der Waals surface area contributed by atoms with Gasteiger partial charge in [0.1, 0.15) is 5.75 Å². The third-order valence-corrected chi connectivity index (χ3v) is 8.00. The Bertz CT molecular complexity index is 846. The van der Waals surface area contributed by atoms with Crippen molar-refractivity contribution >= 4 is 21.6 Å². The summed E-state index contributed by atoms with van der Waals surface area (Å²) in [5, 5.41) is 3.31. The Morgan fingerprint density at radius 1 is 1.11 bits per heavy atom. The normalized spacial score (nSPS) is 36.9. The molecule has 1 aromatic rings. The Balaban J connectivity index is 1.38. The zero-order chi connectivity index (χ0) is 18.8. The molecule has 4 aliphatic carbocycles. The minimum atomic E-state index is -3.49. The highest BCUT2D eigenvalue weighted by molar-refractivity contribution is 7.92. The lowest BCUT2D eigenvalue weighted by atomic mass is 9.53. The molecule has 4 bridgehead atoms. The van der Waals surface area contributed by atoms with Gasteiger partial charge in [-0.25, -0.2) is 8.42 Å². The predicted molar refractivity (Wildman–Crippen MR) is 102 cm³/mol. The highest BCUT2D eigenvalue weighted by Gasteiger charge is 2.52. The van der Waals surface area contributed by atoms with Crippen molar-refractivity contribution < 1.29 is 17.9 Å². The van der Waals surface area contributed by atoms with Crippen LogP contribution in [0.2, 0.25) is 0 Å². The third kappa shape index (κ3) is 3.00. The SMILES string of the molecule is CS(=O)(=O)N1C[C@@H](C(=O)NC23CC4CC(CC(C4)C2)C3)Oc2ccccc21. The number of amides is 1. The minimum absolute atomic E-state index is 0.0219. The second-order valence-corrected chi connectivity index (χ2v) is 11.0. The zero-order valence-corrected chi connectivity index (χ0v) is 16.4. The van der Waals surface area contributed by atoms with Crippen LogP contribution in [0.25, 0.3) is 0 Å². The minimum Gasteiger partial charge on any atom is -0.476 e. The van der Waals surface area contributed by atoms with Crippen LogP contribution in [0.1, 0.15) is 38.5 Å². The molecule has 1 aliphatic heterocycles. The second-order valence-electron chi connectivity index (χ2n) is 9.06. The molecule has 1 N–H and O–H groups in total. The van der Waals surface area contributed by atoms with E-state index in [-0.39, 0.29) is 18.0 Å². The van der Waals surface area contributed by atoms with Crippen LogP contribution in [0, 0.1) is 17.8 Å². The molecule has 0 aromatic heterocycles. The largest absolute Gasteiger partial charge is 0.476 e. The van der Waals surface area contributed by atoms with Gasteiger partial charge in [-0.15, -0.1) is 0 Å². The van der Waals surface area contributed by atoms with Gasteiger partial charge in [-0.2, -0.15) is 0 Å². The van der Waals surface area contributed by atoms with Crippen molar-refractivity contribution in [3.8, 4) is 5.75 Å². The van der Waals surface area contributed by atoms with Gasteiger partial charge in [0.05, 0.1) is 18.5 Å². The lowest BCUT2D eigenvalue weighted by molar-refractivity contribution is -0.133. The molecule has 6 nitrogen and oxygen atoms in total. The molecule has 0 spiro atoms. The van der Waals surface area contributed by atoms with Gasteiger partial charge in [-0.05, 0) is 68.4 Å². The Morgan fingerprint density at radius 2 is 1.70 bits per heavy atom. The van der Waals surface area contributed by atoms with Crippen molar-refractivity contribution in [1.82, 2.24) is 5.32 Å². The van der Waals surface area contributed by atoms with Gasteiger partial charge in [0.25, 0.3) is 5.91 Å². The monoisotopic (exact) mass is 390 g/mol. The molecule has 0 saturated heterocycles. The number of hydrogen-bond donors (Lipinski definition) is 1. The van der Waals surface area contributed by atoms with E-state index in [2.05, 4.69) is 5.32 Å². The molecule has 0 unspecified atom stereocenters. The highest BCUT2D eigenvalue weighted by atomic mass is 32.2. The summed E-state index contributed by atoms with van der Waals surface area (Å²) in [5.74, 6) is 2.46. The van der Waals surface area contributed by atoms with E-state index in [1.165, 1.54) is 29.8 Å². The fourth-order valence-electron chi connectivity index (χ4n) is 6.26. The Hall–Kier alpha value is -1.76. The molecule has 146 valence electrons. The van der Waals surface area contributed by atoms with E-state index in [4.69, 9.17) is 4.74 Å². The molecule has 1 amide bonds. The molecule has 4 saturated carbocycles. The van der Waals surface area contributed by atoms with Crippen LogP contribution >= 0.6 is 0 Å². The maximum absolute atomic E-state index is 13.1. The number of nitrogens with zero attached hydrogens (tertiary/aromatic N) is 1. The molecule has 5 aliphatic rings. The quantitative estimate of drug-likeness (QED) is 0.859. The van der Waals surface area contributed by atoms with Gasteiger partial charge in [-0.1, -0.05) is 12.1 Å². The number of ether oxygens (including phenoxy) is 1. The Morgan fingerprint density at radius 3 is 2.30 bits per heavy atom. The number of carbonyl (C=O) groups excluding carboxylic acids is 1. The van der Waals surface area contributed by atoms with Gasteiger partial charge in [0.15, 0.2) is 6.10 Å². The first kappa shape index (κ1) is 17.3. The average molecular weight is 391 g/mol. The molecular weight excluding hydrogens is 364 g/mol. The number of nitrogens with one attached hydrogen (secondary N) is 1. The fraction of sp³-hybridized carbons (Fsp3) is 0.650. The molecule has 1 heterocycles. The van der Waals surface area contributed by atoms with Crippen LogP contribution in [-0.2, 0) is 14.8 Å². The summed E-state index contributed by atoms with van der Waals surface area (Å²) in [5.41, 5.74) is 0.390. The summed E-state index contributed by atoms with van der Waals surface area (Å²) >= 11 is 0. The summed E-state index contributed by atoms with van der Waals surface area (Å²) < 4.78 is 31.7. The van der Waals surface area contributed by atoms with Crippen molar-refractivity contribution in [3.63, 3.8) is 0 Å². The molecule has 7 heteroatoms. The Kier molecular flexibility index (Phi) is 3.77. The molecule has 1 atom stereocenters. The number of anilines is 1. The van der Waals surface area contributed by atoms with Crippen molar-refractivity contribution in [2.24, 2.45) is 17.8 Å². The standard InChI is InChI=1S/C20H26N2O4S/c1-27(24,25)22-12-18(26-17-5-3-2-4-16(17)22)19(23)21-20-9-13-6-14(10-20)8-15(7-13)11-20/h2-5,13-15,18H,6-12H2,1H3,(H,21,23)/t13?,14?,15?,18-,20?/m0/s1. The Labute approximate surface area is 160 Å². The van der Waals surface area contributed by atoms with Crippen molar-refractivity contribution in [2.45, 2.75) is 50.2 Å². The molecular formula is C20H26N2O4S. The summed E-state index contributed by atoms with van der Waals surface area (Å²) in [7, 11) is -3.49. The summed E-state index contributed by atoms with van der Waals surface area (Å²) in [6.07, 6.45) is 7.46. The van der Waals surface area contributed by atoms with Crippen molar-refractivity contribution in [2.75, 3.05) is 17.1 Å². The van der Waals surface area contributed by atoms with Crippen molar-refractivity contribution in [3.05, 3.63) is 24.3 Å². The van der Waals surface area contributed by atoms with Gasteiger partial charge in [-0.3, -0.25) is 9.10 Å². The number of sulfonamides is 1. The van der Waals surface area contributed by atoms with Crippen LogP contribution in [-0.4, -0.2) is 38.8 Å². The molecule has 27 heavy (non-hydrogen) atoms. The lowest BCUT2D eigenvalue weighted by Gasteiger charge is -2.57. The van der Waals surface area contributed by atoms with E-state index in [1.807, 2.05) is 0 Å². The van der Waals surface area contributed by atoms with E-state index in [9.17, 15) is 13.2 Å². The number of rotatable bonds is 3. The first-order chi connectivity index (χ1) is 12.8. The van der Waals surface area contributed by atoms with E-state index < -0.39 is 16.1 Å².